The Balaban J connectivity index is 0.000000701. The molecule has 1 atom stereocenters. The Morgan fingerprint density at radius 2 is 1.76 bits per heavy atom. The van der Waals surface area contributed by atoms with Gasteiger partial charge in [-0.3, -0.25) is 19.4 Å². The number of benzene rings is 1. The zero-order chi connectivity index (χ0) is 18.1. The van der Waals surface area contributed by atoms with E-state index in [2.05, 4.69) is 52.1 Å². The molecule has 2 heterocycles. The molecule has 0 bridgehead atoms. The SMILES string of the molecule is CN1CCN(CC(=O)N2CCCCC2)CC1c1ccccc1.O=CO. The van der Waals surface area contributed by atoms with E-state index in [0.717, 1.165) is 32.7 Å². The lowest BCUT2D eigenvalue weighted by Gasteiger charge is -2.40. The minimum atomic E-state index is -0.250. The number of amides is 1. The van der Waals surface area contributed by atoms with E-state index in [-0.39, 0.29) is 6.47 Å². The molecule has 0 spiro atoms. The van der Waals surface area contributed by atoms with E-state index in [1.54, 1.807) is 0 Å². The van der Waals surface area contributed by atoms with Gasteiger partial charge in [0.25, 0.3) is 6.47 Å². The number of carboxylic acid groups (broad SMARTS) is 1. The molecule has 0 saturated carbocycles. The Morgan fingerprint density at radius 1 is 1.12 bits per heavy atom. The third kappa shape index (κ3) is 5.83. The summed E-state index contributed by atoms with van der Waals surface area (Å²) >= 11 is 0. The number of carbonyl (C=O) groups excluding carboxylic acids is 1. The van der Waals surface area contributed by atoms with Crippen LogP contribution in [0, 0.1) is 0 Å². The van der Waals surface area contributed by atoms with E-state index in [0.29, 0.717) is 18.5 Å². The smallest absolute Gasteiger partial charge is 0.290 e. The van der Waals surface area contributed by atoms with Crippen molar-refractivity contribution in [2.45, 2.75) is 25.3 Å². The summed E-state index contributed by atoms with van der Waals surface area (Å²) in [5.41, 5.74) is 1.35. The summed E-state index contributed by atoms with van der Waals surface area (Å²) in [7, 11) is 2.18. The fraction of sp³-hybridized carbons (Fsp3) is 0.579. The van der Waals surface area contributed by atoms with Crippen molar-refractivity contribution in [3.8, 4) is 0 Å². The van der Waals surface area contributed by atoms with E-state index in [4.69, 9.17) is 9.90 Å². The second-order valence-electron chi connectivity index (χ2n) is 6.69. The number of likely N-dealkylation sites (tertiary alicyclic amines) is 1. The van der Waals surface area contributed by atoms with Gasteiger partial charge in [-0.25, -0.2) is 0 Å². The number of nitrogens with zero attached hydrogens (tertiary/aromatic N) is 3. The zero-order valence-corrected chi connectivity index (χ0v) is 15.0. The van der Waals surface area contributed by atoms with E-state index < -0.39 is 0 Å². The van der Waals surface area contributed by atoms with Crippen molar-refractivity contribution in [1.82, 2.24) is 14.7 Å². The molecule has 2 aliphatic rings. The average molecular weight is 347 g/mol. The molecular weight excluding hydrogens is 318 g/mol. The molecule has 1 aromatic rings. The van der Waals surface area contributed by atoms with Crippen LogP contribution in [0.3, 0.4) is 0 Å². The van der Waals surface area contributed by atoms with E-state index in [1.807, 2.05) is 0 Å². The van der Waals surface area contributed by atoms with Crippen LogP contribution >= 0.6 is 0 Å². The van der Waals surface area contributed by atoms with E-state index in [9.17, 15) is 4.79 Å². The second-order valence-corrected chi connectivity index (χ2v) is 6.69. The Bertz CT molecular complexity index is 532. The number of carbonyl (C=O) groups is 2. The van der Waals surface area contributed by atoms with E-state index >= 15 is 0 Å². The minimum Gasteiger partial charge on any atom is -0.483 e. The number of likely N-dealkylation sites (N-methyl/N-ethyl adjacent to an activating group) is 1. The van der Waals surface area contributed by atoms with E-state index in [1.165, 1.54) is 24.8 Å². The summed E-state index contributed by atoms with van der Waals surface area (Å²) in [6, 6.07) is 11.0. The zero-order valence-electron chi connectivity index (χ0n) is 15.0. The molecule has 138 valence electrons. The first-order valence-electron chi connectivity index (χ1n) is 8.99. The van der Waals surface area contributed by atoms with Crippen LogP contribution in [-0.2, 0) is 9.59 Å². The van der Waals surface area contributed by atoms with Gasteiger partial charge >= 0.3 is 0 Å². The van der Waals surface area contributed by atoms with Crippen molar-refractivity contribution in [3.05, 3.63) is 35.9 Å². The van der Waals surface area contributed by atoms with Crippen LogP contribution in [0.1, 0.15) is 30.9 Å². The highest BCUT2D eigenvalue weighted by atomic mass is 16.3. The lowest BCUT2D eigenvalue weighted by atomic mass is 10.0. The predicted octanol–water partition coefficient (Wildman–Crippen LogP) is 1.69. The first-order chi connectivity index (χ1) is 12.2. The second kappa shape index (κ2) is 10.2. The molecule has 1 unspecified atom stereocenters. The molecule has 1 amide bonds. The summed E-state index contributed by atoms with van der Waals surface area (Å²) in [5, 5.41) is 6.89. The molecule has 6 heteroatoms. The monoisotopic (exact) mass is 347 g/mol. The molecule has 6 nitrogen and oxygen atoms in total. The summed E-state index contributed by atoms with van der Waals surface area (Å²) in [6.45, 7) is 5.19. The van der Waals surface area contributed by atoms with Crippen LogP contribution in [0.4, 0.5) is 0 Å². The molecule has 1 N–H and O–H groups in total. The molecule has 1 aromatic carbocycles. The number of piperazine rings is 1. The highest BCUT2D eigenvalue weighted by molar-refractivity contribution is 5.78. The van der Waals surface area contributed by atoms with Crippen molar-refractivity contribution in [1.29, 1.82) is 0 Å². The van der Waals surface area contributed by atoms with Crippen LogP contribution in [0.25, 0.3) is 0 Å². The van der Waals surface area contributed by atoms with Gasteiger partial charge in [0.05, 0.1) is 6.54 Å². The maximum atomic E-state index is 12.5. The molecule has 0 radical (unpaired) electrons. The van der Waals surface area contributed by atoms with Gasteiger partial charge in [-0.1, -0.05) is 30.3 Å². The number of rotatable bonds is 3. The van der Waals surface area contributed by atoms with Gasteiger partial charge < -0.3 is 10.0 Å². The molecule has 2 saturated heterocycles. The summed E-state index contributed by atoms with van der Waals surface area (Å²) in [5.74, 6) is 0.316. The van der Waals surface area contributed by atoms with Crippen LogP contribution in [0.2, 0.25) is 0 Å². The number of piperidine rings is 1. The fourth-order valence-corrected chi connectivity index (χ4v) is 3.54. The maximum Gasteiger partial charge on any atom is 0.290 e. The molecule has 25 heavy (non-hydrogen) atoms. The normalized spacial score (nSPS) is 22.0. The highest BCUT2D eigenvalue weighted by Gasteiger charge is 2.28. The van der Waals surface area contributed by atoms with Crippen molar-refractivity contribution >= 4 is 12.4 Å². The van der Waals surface area contributed by atoms with Gasteiger partial charge in [0.1, 0.15) is 0 Å². The molecule has 2 fully saturated rings. The molecule has 2 aliphatic heterocycles. The van der Waals surface area contributed by atoms with Crippen molar-refractivity contribution in [3.63, 3.8) is 0 Å². The molecule has 0 aliphatic carbocycles. The first kappa shape index (κ1) is 19.4. The topological polar surface area (TPSA) is 64.1 Å². The van der Waals surface area contributed by atoms with Crippen molar-refractivity contribution < 1.29 is 14.7 Å². The fourth-order valence-electron chi connectivity index (χ4n) is 3.54. The van der Waals surface area contributed by atoms with Crippen LogP contribution in [0.15, 0.2) is 30.3 Å². The highest BCUT2D eigenvalue weighted by Crippen LogP contribution is 2.23. The number of hydrogen-bond donors (Lipinski definition) is 1. The first-order valence-corrected chi connectivity index (χ1v) is 8.99. The molecular formula is C19H29N3O3. The Morgan fingerprint density at radius 3 is 2.40 bits per heavy atom. The standard InChI is InChI=1S/C18H27N3O.CH2O2/c1-19-12-13-20(14-17(19)16-8-4-2-5-9-16)15-18(22)21-10-6-3-7-11-21;2-1-3/h2,4-5,8-9,17H,3,6-7,10-15H2,1H3;1H,(H,2,3). The Hall–Kier alpha value is -1.92. The van der Waals surface area contributed by atoms with Gasteiger partial charge in [0, 0.05) is 38.8 Å². The maximum absolute atomic E-state index is 12.5. The van der Waals surface area contributed by atoms with Crippen molar-refractivity contribution in [2.75, 3.05) is 46.3 Å². The minimum absolute atomic E-state index is 0.250. The number of hydrogen-bond acceptors (Lipinski definition) is 4. The summed E-state index contributed by atoms with van der Waals surface area (Å²) < 4.78 is 0. The largest absolute Gasteiger partial charge is 0.483 e. The third-order valence-corrected chi connectivity index (χ3v) is 4.98. The van der Waals surface area contributed by atoms with Crippen LogP contribution in [0.5, 0.6) is 0 Å². The van der Waals surface area contributed by atoms with Gasteiger partial charge in [-0.05, 0) is 31.9 Å². The van der Waals surface area contributed by atoms with Crippen molar-refractivity contribution in [2.24, 2.45) is 0 Å². The molecule has 3 rings (SSSR count). The Labute approximate surface area is 150 Å². The summed E-state index contributed by atoms with van der Waals surface area (Å²) in [4.78, 5) is 27.6. The van der Waals surface area contributed by atoms with Gasteiger partial charge in [-0.15, -0.1) is 0 Å². The lowest BCUT2D eigenvalue weighted by molar-refractivity contribution is -0.134. The molecule has 0 aromatic heterocycles. The Kier molecular flexibility index (Phi) is 7.88. The average Bonchev–Trinajstić information content (AvgIpc) is 2.65. The lowest BCUT2D eigenvalue weighted by Crippen LogP contribution is -2.50. The van der Waals surface area contributed by atoms with Gasteiger partial charge in [0.2, 0.25) is 5.91 Å². The quantitative estimate of drug-likeness (QED) is 0.843. The van der Waals surface area contributed by atoms with Crippen LogP contribution < -0.4 is 0 Å². The van der Waals surface area contributed by atoms with Gasteiger partial charge in [-0.2, -0.15) is 0 Å². The summed E-state index contributed by atoms with van der Waals surface area (Å²) in [6.07, 6.45) is 3.61. The van der Waals surface area contributed by atoms with Crippen LogP contribution in [-0.4, -0.2) is 78.5 Å². The van der Waals surface area contributed by atoms with Gasteiger partial charge in [0.15, 0.2) is 0 Å². The predicted molar refractivity (Wildman–Crippen MR) is 97.4 cm³/mol. The third-order valence-electron chi connectivity index (χ3n) is 4.98.